The lowest BCUT2D eigenvalue weighted by molar-refractivity contribution is 0.231. The molecule has 0 aromatic carbocycles. The standard InChI is InChI=1S/C12H17N5/c1-10-7-12(15-9-14-10)17-5-3-16(4-6-17)11(2)8-13/h7,9,11H,3-6H2,1-2H3. The Balaban J connectivity index is 1.98. The molecule has 1 atom stereocenters. The first-order chi connectivity index (χ1) is 8.20. The fourth-order valence-corrected chi connectivity index (χ4v) is 2.03. The van der Waals surface area contributed by atoms with E-state index in [1.54, 1.807) is 6.33 Å². The third-order valence-corrected chi connectivity index (χ3v) is 3.16. The number of hydrogen-bond donors (Lipinski definition) is 0. The van der Waals surface area contributed by atoms with Crippen LogP contribution in [-0.2, 0) is 0 Å². The van der Waals surface area contributed by atoms with Gasteiger partial charge in [0.2, 0.25) is 0 Å². The van der Waals surface area contributed by atoms with Gasteiger partial charge in [-0.3, -0.25) is 4.90 Å². The van der Waals surface area contributed by atoms with Crippen LogP contribution >= 0.6 is 0 Å². The maximum atomic E-state index is 8.88. The number of nitrogens with zero attached hydrogens (tertiary/aromatic N) is 5. The molecule has 1 unspecified atom stereocenters. The minimum atomic E-state index is 0.00397. The monoisotopic (exact) mass is 231 g/mol. The van der Waals surface area contributed by atoms with E-state index in [0.717, 1.165) is 37.7 Å². The van der Waals surface area contributed by atoms with Crippen LogP contribution in [0.15, 0.2) is 12.4 Å². The highest BCUT2D eigenvalue weighted by Crippen LogP contribution is 2.14. The van der Waals surface area contributed by atoms with E-state index in [9.17, 15) is 0 Å². The molecule has 1 aromatic rings. The summed E-state index contributed by atoms with van der Waals surface area (Å²) in [5, 5.41) is 8.88. The summed E-state index contributed by atoms with van der Waals surface area (Å²) in [5.41, 5.74) is 0.989. The van der Waals surface area contributed by atoms with Crippen LogP contribution in [0.2, 0.25) is 0 Å². The van der Waals surface area contributed by atoms with Gasteiger partial charge in [0.05, 0.1) is 12.1 Å². The van der Waals surface area contributed by atoms with Crippen LogP contribution in [-0.4, -0.2) is 47.1 Å². The molecule has 0 bridgehead atoms. The number of rotatable bonds is 2. The number of anilines is 1. The lowest BCUT2D eigenvalue weighted by atomic mass is 10.2. The first-order valence-corrected chi connectivity index (χ1v) is 5.88. The van der Waals surface area contributed by atoms with Crippen molar-refractivity contribution in [3.8, 4) is 6.07 Å². The number of piperazine rings is 1. The van der Waals surface area contributed by atoms with Gasteiger partial charge in [-0.15, -0.1) is 0 Å². The molecule has 1 fully saturated rings. The Morgan fingerprint density at radius 2 is 2.00 bits per heavy atom. The highest BCUT2D eigenvalue weighted by atomic mass is 15.3. The van der Waals surface area contributed by atoms with E-state index in [4.69, 9.17) is 5.26 Å². The summed E-state index contributed by atoms with van der Waals surface area (Å²) in [7, 11) is 0. The van der Waals surface area contributed by atoms with Gasteiger partial charge in [0.25, 0.3) is 0 Å². The topological polar surface area (TPSA) is 56.0 Å². The molecule has 5 heteroatoms. The molecule has 5 nitrogen and oxygen atoms in total. The van der Waals surface area contributed by atoms with Crippen molar-refractivity contribution in [1.29, 1.82) is 5.26 Å². The van der Waals surface area contributed by atoms with Crippen molar-refractivity contribution in [3.05, 3.63) is 18.1 Å². The van der Waals surface area contributed by atoms with E-state index >= 15 is 0 Å². The Hall–Kier alpha value is -1.67. The van der Waals surface area contributed by atoms with Crippen molar-refractivity contribution in [1.82, 2.24) is 14.9 Å². The summed E-state index contributed by atoms with van der Waals surface area (Å²) in [6.07, 6.45) is 1.61. The van der Waals surface area contributed by atoms with Gasteiger partial charge in [0.15, 0.2) is 0 Å². The second kappa shape index (κ2) is 5.11. The summed E-state index contributed by atoms with van der Waals surface area (Å²) < 4.78 is 0. The minimum Gasteiger partial charge on any atom is -0.354 e. The van der Waals surface area contributed by atoms with Crippen molar-refractivity contribution in [3.63, 3.8) is 0 Å². The fourth-order valence-electron chi connectivity index (χ4n) is 2.03. The van der Waals surface area contributed by atoms with Crippen molar-refractivity contribution < 1.29 is 0 Å². The molecule has 1 aliphatic rings. The van der Waals surface area contributed by atoms with E-state index in [-0.39, 0.29) is 6.04 Å². The van der Waals surface area contributed by atoms with Crippen molar-refractivity contribution in [2.75, 3.05) is 31.1 Å². The number of nitriles is 1. The average molecular weight is 231 g/mol. The fraction of sp³-hybridized carbons (Fsp3) is 0.583. The highest BCUT2D eigenvalue weighted by molar-refractivity contribution is 5.39. The molecule has 0 radical (unpaired) electrons. The van der Waals surface area contributed by atoms with Gasteiger partial charge in [-0.1, -0.05) is 0 Å². The number of aryl methyl sites for hydroxylation is 1. The van der Waals surface area contributed by atoms with Crippen LogP contribution in [0.1, 0.15) is 12.6 Å². The summed E-state index contributed by atoms with van der Waals surface area (Å²) >= 11 is 0. The molecule has 1 saturated heterocycles. The molecule has 0 saturated carbocycles. The van der Waals surface area contributed by atoms with Crippen molar-refractivity contribution >= 4 is 5.82 Å². The third-order valence-electron chi connectivity index (χ3n) is 3.16. The van der Waals surface area contributed by atoms with E-state index < -0.39 is 0 Å². The minimum absolute atomic E-state index is 0.00397. The van der Waals surface area contributed by atoms with Gasteiger partial charge in [-0.2, -0.15) is 5.26 Å². The molecule has 2 rings (SSSR count). The molecule has 1 aliphatic heterocycles. The lowest BCUT2D eigenvalue weighted by Gasteiger charge is -2.36. The largest absolute Gasteiger partial charge is 0.354 e. The van der Waals surface area contributed by atoms with Crippen LogP contribution in [0.4, 0.5) is 5.82 Å². The zero-order valence-corrected chi connectivity index (χ0v) is 10.3. The smallest absolute Gasteiger partial charge is 0.132 e. The molecule has 0 amide bonds. The number of aromatic nitrogens is 2. The Morgan fingerprint density at radius 3 is 2.59 bits per heavy atom. The second-order valence-corrected chi connectivity index (χ2v) is 4.35. The zero-order valence-electron chi connectivity index (χ0n) is 10.3. The molecule has 17 heavy (non-hydrogen) atoms. The third kappa shape index (κ3) is 2.71. The van der Waals surface area contributed by atoms with E-state index in [0.29, 0.717) is 0 Å². The van der Waals surface area contributed by atoms with E-state index in [2.05, 4.69) is 25.8 Å². The Labute approximate surface area is 102 Å². The predicted octanol–water partition coefficient (Wildman–Crippen LogP) is 0.819. The maximum Gasteiger partial charge on any atom is 0.132 e. The summed E-state index contributed by atoms with van der Waals surface area (Å²) in [4.78, 5) is 12.8. The van der Waals surface area contributed by atoms with Gasteiger partial charge in [-0.05, 0) is 13.8 Å². The first-order valence-electron chi connectivity index (χ1n) is 5.88. The van der Waals surface area contributed by atoms with Crippen molar-refractivity contribution in [2.45, 2.75) is 19.9 Å². The highest BCUT2D eigenvalue weighted by Gasteiger charge is 2.21. The van der Waals surface area contributed by atoms with Gasteiger partial charge in [-0.25, -0.2) is 9.97 Å². The molecule has 1 aromatic heterocycles. The summed E-state index contributed by atoms with van der Waals surface area (Å²) in [6, 6.07) is 4.29. The maximum absolute atomic E-state index is 8.88. The Morgan fingerprint density at radius 1 is 1.29 bits per heavy atom. The van der Waals surface area contributed by atoms with Crippen LogP contribution < -0.4 is 4.90 Å². The lowest BCUT2D eigenvalue weighted by Crippen LogP contribution is -2.49. The Bertz CT molecular complexity index is 417. The van der Waals surface area contributed by atoms with E-state index in [1.807, 2.05) is 19.9 Å². The van der Waals surface area contributed by atoms with Crippen LogP contribution in [0.3, 0.4) is 0 Å². The molecule has 90 valence electrons. The first kappa shape index (κ1) is 11.8. The van der Waals surface area contributed by atoms with Gasteiger partial charge >= 0.3 is 0 Å². The molecule has 0 spiro atoms. The van der Waals surface area contributed by atoms with Crippen LogP contribution in [0.25, 0.3) is 0 Å². The van der Waals surface area contributed by atoms with Crippen LogP contribution in [0.5, 0.6) is 0 Å². The quantitative estimate of drug-likeness (QED) is 0.754. The van der Waals surface area contributed by atoms with Gasteiger partial charge in [0, 0.05) is 37.9 Å². The zero-order chi connectivity index (χ0) is 12.3. The predicted molar refractivity (Wildman–Crippen MR) is 65.6 cm³/mol. The normalized spacial score (nSPS) is 18.8. The van der Waals surface area contributed by atoms with Gasteiger partial charge in [0.1, 0.15) is 12.1 Å². The Kier molecular flexibility index (Phi) is 3.55. The average Bonchev–Trinajstić information content (AvgIpc) is 2.38. The van der Waals surface area contributed by atoms with E-state index in [1.165, 1.54) is 0 Å². The second-order valence-electron chi connectivity index (χ2n) is 4.35. The van der Waals surface area contributed by atoms with Gasteiger partial charge < -0.3 is 4.90 Å². The summed E-state index contributed by atoms with van der Waals surface area (Å²) in [5.74, 6) is 0.988. The SMILES string of the molecule is Cc1cc(N2CCN(C(C)C#N)CC2)ncn1. The number of hydrogen-bond acceptors (Lipinski definition) is 5. The summed E-state index contributed by atoms with van der Waals surface area (Å²) in [6.45, 7) is 7.59. The molecular formula is C12H17N5. The molecule has 0 aliphatic carbocycles. The molecule has 0 N–H and O–H groups in total. The molecule has 2 heterocycles. The van der Waals surface area contributed by atoms with Crippen molar-refractivity contribution in [2.24, 2.45) is 0 Å². The van der Waals surface area contributed by atoms with Crippen LogP contribution in [0, 0.1) is 18.3 Å². The molecular weight excluding hydrogens is 214 g/mol.